The van der Waals surface area contributed by atoms with Gasteiger partial charge in [-0.1, -0.05) is 27.2 Å². The van der Waals surface area contributed by atoms with Crippen molar-refractivity contribution in [2.45, 2.75) is 65.0 Å². The summed E-state index contributed by atoms with van der Waals surface area (Å²) in [5, 5.41) is 3.81. The first-order chi connectivity index (χ1) is 10.6. The quantitative estimate of drug-likeness (QED) is 0.813. The minimum Gasteiger partial charge on any atom is -0.350 e. The van der Waals surface area contributed by atoms with Gasteiger partial charge in [0, 0.05) is 37.6 Å². The third-order valence-corrected chi connectivity index (χ3v) is 4.76. The Morgan fingerprint density at radius 2 is 2.27 bits per heavy atom. The third kappa shape index (κ3) is 4.57. The molecule has 0 spiro atoms. The summed E-state index contributed by atoms with van der Waals surface area (Å²) in [7, 11) is 0. The van der Waals surface area contributed by atoms with E-state index in [1.807, 2.05) is 0 Å². The minimum atomic E-state index is -0.0882. The van der Waals surface area contributed by atoms with Gasteiger partial charge in [-0.2, -0.15) is 0 Å². The van der Waals surface area contributed by atoms with E-state index in [0.29, 0.717) is 17.9 Å². The van der Waals surface area contributed by atoms with Crippen molar-refractivity contribution in [1.29, 1.82) is 0 Å². The molecule has 3 atom stereocenters. The molecule has 22 heavy (non-hydrogen) atoms. The molecule has 2 rings (SSSR count). The first-order valence-electron chi connectivity index (χ1n) is 8.68. The number of aromatic amines is 1. The van der Waals surface area contributed by atoms with Crippen molar-refractivity contribution in [1.82, 2.24) is 15.3 Å². The van der Waals surface area contributed by atoms with Crippen LogP contribution in [0.25, 0.3) is 0 Å². The van der Waals surface area contributed by atoms with Crippen LogP contribution in [0.2, 0.25) is 0 Å². The normalized spacial score (nSPS) is 21.6. The lowest BCUT2D eigenvalue weighted by atomic mass is 9.96. The second-order valence-electron chi connectivity index (χ2n) is 6.55. The number of nitrogens with one attached hydrogen (secondary N) is 2. The molecule has 2 heterocycles. The van der Waals surface area contributed by atoms with Gasteiger partial charge in [0.15, 0.2) is 5.82 Å². The molecule has 0 aromatic carbocycles. The Morgan fingerprint density at radius 1 is 1.45 bits per heavy atom. The molecule has 5 nitrogen and oxygen atoms in total. The van der Waals surface area contributed by atoms with Crippen LogP contribution in [-0.2, 0) is 0 Å². The largest absolute Gasteiger partial charge is 0.350 e. The van der Waals surface area contributed by atoms with Gasteiger partial charge < -0.3 is 15.2 Å². The van der Waals surface area contributed by atoms with Crippen LogP contribution >= 0.6 is 0 Å². The summed E-state index contributed by atoms with van der Waals surface area (Å²) < 4.78 is 0. The molecule has 1 aliphatic rings. The first kappa shape index (κ1) is 17.0. The van der Waals surface area contributed by atoms with Crippen molar-refractivity contribution in [2.75, 3.05) is 18.0 Å². The average molecular weight is 306 g/mol. The SMILES string of the molecule is CC[C@H](C)C[C@H](CC)N[C@@H]1CCCN(c2ncc[nH]c2=O)C1. The molecule has 0 amide bonds. The zero-order chi connectivity index (χ0) is 15.9. The van der Waals surface area contributed by atoms with E-state index in [0.717, 1.165) is 31.8 Å². The lowest BCUT2D eigenvalue weighted by Crippen LogP contribution is -2.50. The van der Waals surface area contributed by atoms with E-state index >= 15 is 0 Å². The molecule has 1 aromatic rings. The van der Waals surface area contributed by atoms with E-state index in [4.69, 9.17) is 0 Å². The van der Waals surface area contributed by atoms with Gasteiger partial charge in [0.2, 0.25) is 0 Å². The fourth-order valence-electron chi connectivity index (χ4n) is 3.21. The number of anilines is 1. The molecule has 124 valence electrons. The second-order valence-corrected chi connectivity index (χ2v) is 6.55. The molecule has 1 fully saturated rings. The van der Waals surface area contributed by atoms with Crippen LogP contribution < -0.4 is 15.8 Å². The standard InChI is InChI=1S/C17H30N4O/c1-4-13(3)11-14(5-2)20-15-7-6-10-21(12-15)16-17(22)19-9-8-18-16/h8-9,13-15,20H,4-7,10-12H2,1-3H3,(H,19,22)/t13-,14-,15+/m0/s1. The summed E-state index contributed by atoms with van der Waals surface area (Å²) in [4.78, 5) is 21.0. The van der Waals surface area contributed by atoms with E-state index in [1.54, 1.807) is 12.4 Å². The molecule has 5 heteroatoms. The summed E-state index contributed by atoms with van der Waals surface area (Å²) in [5.74, 6) is 1.32. The monoisotopic (exact) mass is 306 g/mol. The zero-order valence-corrected chi connectivity index (χ0v) is 14.1. The fraction of sp³-hybridized carbons (Fsp3) is 0.765. The van der Waals surface area contributed by atoms with E-state index in [-0.39, 0.29) is 5.56 Å². The molecule has 0 aliphatic carbocycles. The molecular formula is C17H30N4O. The van der Waals surface area contributed by atoms with Crippen LogP contribution in [-0.4, -0.2) is 35.1 Å². The van der Waals surface area contributed by atoms with Crippen molar-refractivity contribution >= 4 is 5.82 Å². The van der Waals surface area contributed by atoms with Crippen LogP contribution in [0.4, 0.5) is 5.82 Å². The number of hydrogen-bond acceptors (Lipinski definition) is 4. The molecule has 2 N–H and O–H groups in total. The van der Waals surface area contributed by atoms with E-state index < -0.39 is 0 Å². The molecule has 0 radical (unpaired) electrons. The van der Waals surface area contributed by atoms with E-state index in [2.05, 4.69) is 41.0 Å². The third-order valence-electron chi connectivity index (χ3n) is 4.76. The zero-order valence-electron chi connectivity index (χ0n) is 14.1. The molecule has 0 saturated carbocycles. The lowest BCUT2D eigenvalue weighted by molar-refractivity contribution is 0.321. The van der Waals surface area contributed by atoms with E-state index in [9.17, 15) is 4.79 Å². The van der Waals surface area contributed by atoms with Crippen molar-refractivity contribution in [3.8, 4) is 0 Å². The van der Waals surface area contributed by atoms with Crippen LogP contribution in [0.15, 0.2) is 17.2 Å². The Kier molecular flexibility index (Phi) is 6.43. The van der Waals surface area contributed by atoms with Crippen LogP contribution in [0, 0.1) is 5.92 Å². The number of aromatic nitrogens is 2. The van der Waals surface area contributed by atoms with Gasteiger partial charge in [-0.15, -0.1) is 0 Å². The highest BCUT2D eigenvalue weighted by Gasteiger charge is 2.24. The van der Waals surface area contributed by atoms with Gasteiger partial charge in [-0.3, -0.25) is 4.79 Å². The highest BCUT2D eigenvalue weighted by Crippen LogP contribution is 2.18. The second kappa shape index (κ2) is 8.32. The topological polar surface area (TPSA) is 61.0 Å². The molecule has 0 bridgehead atoms. The van der Waals surface area contributed by atoms with Gasteiger partial charge in [0.25, 0.3) is 5.56 Å². The maximum atomic E-state index is 11.9. The Balaban J connectivity index is 1.95. The van der Waals surface area contributed by atoms with E-state index in [1.165, 1.54) is 19.3 Å². The summed E-state index contributed by atoms with van der Waals surface area (Å²) in [6.07, 6.45) is 9.15. The highest BCUT2D eigenvalue weighted by molar-refractivity contribution is 5.36. The Morgan fingerprint density at radius 3 is 2.95 bits per heavy atom. The number of piperidine rings is 1. The predicted octanol–water partition coefficient (Wildman–Crippen LogP) is 2.54. The smallest absolute Gasteiger partial charge is 0.290 e. The first-order valence-corrected chi connectivity index (χ1v) is 8.68. The number of H-pyrrole nitrogens is 1. The molecule has 0 unspecified atom stereocenters. The van der Waals surface area contributed by atoms with Crippen LogP contribution in [0.3, 0.4) is 0 Å². The lowest BCUT2D eigenvalue weighted by Gasteiger charge is -2.36. The summed E-state index contributed by atoms with van der Waals surface area (Å²) in [6, 6.07) is 1.02. The van der Waals surface area contributed by atoms with Crippen molar-refractivity contribution in [2.24, 2.45) is 5.92 Å². The van der Waals surface area contributed by atoms with Crippen LogP contribution in [0.5, 0.6) is 0 Å². The number of nitrogens with zero attached hydrogens (tertiary/aromatic N) is 2. The molecule has 1 saturated heterocycles. The summed E-state index contributed by atoms with van der Waals surface area (Å²) >= 11 is 0. The van der Waals surface area contributed by atoms with Gasteiger partial charge in [-0.25, -0.2) is 4.98 Å². The van der Waals surface area contributed by atoms with Gasteiger partial charge in [-0.05, 0) is 31.6 Å². The summed E-state index contributed by atoms with van der Waals surface area (Å²) in [6.45, 7) is 8.62. The van der Waals surface area contributed by atoms with Crippen LogP contribution in [0.1, 0.15) is 52.9 Å². The minimum absolute atomic E-state index is 0.0882. The molecule has 1 aromatic heterocycles. The van der Waals surface area contributed by atoms with Crippen molar-refractivity contribution in [3.63, 3.8) is 0 Å². The highest BCUT2D eigenvalue weighted by atomic mass is 16.1. The van der Waals surface area contributed by atoms with Gasteiger partial charge in [0.1, 0.15) is 0 Å². The molecular weight excluding hydrogens is 276 g/mol. The molecule has 1 aliphatic heterocycles. The van der Waals surface area contributed by atoms with Gasteiger partial charge in [0.05, 0.1) is 0 Å². The Labute approximate surface area is 133 Å². The summed E-state index contributed by atoms with van der Waals surface area (Å²) in [5.41, 5.74) is -0.0882. The fourth-order valence-corrected chi connectivity index (χ4v) is 3.21. The predicted molar refractivity (Wildman–Crippen MR) is 91.4 cm³/mol. The number of rotatable bonds is 7. The van der Waals surface area contributed by atoms with Crippen molar-refractivity contribution < 1.29 is 0 Å². The maximum Gasteiger partial charge on any atom is 0.290 e. The number of hydrogen-bond donors (Lipinski definition) is 2. The van der Waals surface area contributed by atoms with Gasteiger partial charge >= 0.3 is 0 Å². The van der Waals surface area contributed by atoms with Crippen molar-refractivity contribution in [3.05, 3.63) is 22.7 Å². The maximum absolute atomic E-state index is 11.9. The Bertz CT molecular complexity index is 501. The Hall–Kier alpha value is -1.36. The average Bonchev–Trinajstić information content (AvgIpc) is 2.54.